The molecule has 6 atom stereocenters. The normalized spacial score (nSPS) is 31.2. The van der Waals surface area contributed by atoms with Gasteiger partial charge in [-0.3, -0.25) is 0 Å². The molecule has 1 saturated heterocycles. The van der Waals surface area contributed by atoms with Crippen molar-refractivity contribution in [3.63, 3.8) is 0 Å². The summed E-state index contributed by atoms with van der Waals surface area (Å²) in [5.74, 6) is 0.798. The summed E-state index contributed by atoms with van der Waals surface area (Å²) in [6, 6.07) is 15.1. The average Bonchev–Trinajstić information content (AvgIpc) is 3.27. The highest BCUT2D eigenvalue weighted by molar-refractivity contribution is 5.27. The third-order valence-electron chi connectivity index (χ3n) is 7.51. The van der Waals surface area contributed by atoms with Gasteiger partial charge in [-0.2, -0.15) is 0 Å². The second-order valence-electron chi connectivity index (χ2n) is 9.86. The molecule has 2 saturated carbocycles. The van der Waals surface area contributed by atoms with Crippen molar-refractivity contribution in [1.82, 2.24) is 0 Å². The lowest BCUT2D eigenvalue weighted by molar-refractivity contribution is -0.223. The zero-order valence-corrected chi connectivity index (χ0v) is 20.9. The molecule has 0 radical (unpaired) electrons. The Bertz CT molecular complexity index is 899. The van der Waals surface area contributed by atoms with E-state index in [9.17, 15) is 10.2 Å². The maximum Gasteiger partial charge on any atom is 0.169 e. The van der Waals surface area contributed by atoms with Crippen LogP contribution in [-0.4, -0.2) is 66.8 Å². The number of rotatable bonds is 8. The van der Waals surface area contributed by atoms with E-state index in [2.05, 4.69) is 0 Å². The van der Waals surface area contributed by atoms with E-state index in [1.807, 2.05) is 48.5 Å². The second-order valence-corrected chi connectivity index (χ2v) is 9.86. The van der Waals surface area contributed by atoms with Gasteiger partial charge in [0.15, 0.2) is 5.79 Å². The van der Waals surface area contributed by atoms with Crippen LogP contribution in [0.1, 0.15) is 43.2 Å². The van der Waals surface area contributed by atoms with Crippen LogP contribution in [0, 0.1) is 0 Å². The van der Waals surface area contributed by atoms with Crippen molar-refractivity contribution in [2.45, 2.75) is 87.7 Å². The van der Waals surface area contributed by atoms with Crippen molar-refractivity contribution >= 4 is 0 Å². The highest BCUT2D eigenvalue weighted by atomic mass is 16.8. The molecule has 8 heteroatoms. The van der Waals surface area contributed by atoms with Gasteiger partial charge in [0, 0.05) is 12.8 Å². The van der Waals surface area contributed by atoms with Gasteiger partial charge in [0.1, 0.15) is 48.1 Å². The minimum Gasteiger partial charge on any atom is -0.497 e. The first-order valence-corrected chi connectivity index (χ1v) is 12.7. The molecule has 2 aliphatic carbocycles. The molecular weight excluding hydrogens is 464 g/mol. The van der Waals surface area contributed by atoms with E-state index in [-0.39, 0.29) is 13.2 Å². The smallest absolute Gasteiger partial charge is 0.169 e. The number of aliphatic hydroxyl groups is 2. The summed E-state index contributed by atoms with van der Waals surface area (Å²) in [4.78, 5) is 0. The largest absolute Gasteiger partial charge is 0.497 e. The average molecular weight is 501 g/mol. The molecule has 0 unspecified atom stereocenters. The molecule has 1 heterocycles. The fraction of sp³-hybridized carbons (Fsp3) is 0.571. The molecule has 5 rings (SSSR count). The monoisotopic (exact) mass is 500 g/mol. The van der Waals surface area contributed by atoms with E-state index in [0.29, 0.717) is 0 Å². The van der Waals surface area contributed by atoms with E-state index in [1.165, 1.54) is 0 Å². The molecule has 2 aromatic carbocycles. The quantitative estimate of drug-likeness (QED) is 0.570. The Kier molecular flexibility index (Phi) is 7.81. The van der Waals surface area contributed by atoms with Gasteiger partial charge >= 0.3 is 0 Å². The lowest BCUT2D eigenvalue weighted by atomic mass is 9.84. The molecule has 0 bridgehead atoms. The Morgan fingerprint density at radius 2 is 1.11 bits per heavy atom. The third kappa shape index (κ3) is 5.25. The minimum atomic E-state index is -1.19. The maximum atomic E-state index is 11.1. The summed E-state index contributed by atoms with van der Waals surface area (Å²) in [6.07, 6.45) is -0.265. The van der Waals surface area contributed by atoms with Crippen LogP contribution in [0.25, 0.3) is 0 Å². The first-order valence-electron chi connectivity index (χ1n) is 12.7. The molecule has 3 fully saturated rings. The Morgan fingerprint density at radius 1 is 0.694 bits per heavy atom. The summed E-state index contributed by atoms with van der Waals surface area (Å²) in [6.45, 7) is 0.519. The minimum absolute atomic E-state index is 0.259. The first kappa shape index (κ1) is 25.4. The van der Waals surface area contributed by atoms with E-state index >= 15 is 0 Å². The Labute approximate surface area is 212 Å². The molecular formula is C28H36O8. The van der Waals surface area contributed by atoms with Crippen molar-refractivity contribution in [3.8, 4) is 11.5 Å². The first-order chi connectivity index (χ1) is 17.5. The Morgan fingerprint density at radius 3 is 1.50 bits per heavy atom. The maximum absolute atomic E-state index is 11.1. The molecule has 2 aromatic rings. The van der Waals surface area contributed by atoms with Gasteiger partial charge in [-0.15, -0.1) is 0 Å². The van der Waals surface area contributed by atoms with Crippen molar-refractivity contribution in [2.75, 3.05) is 14.2 Å². The van der Waals surface area contributed by atoms with E-state index in [0.717, 1.165) is 54.7 Å². The van der Waals surface area contributed by atoms with E-state index in [4.69, 9.17) is 28.4 Å². The van der Waals surface area contributed by atoms with Crippen LogP contribution in [0.15, 0.2) is 48.5 Å². The van der Waals surface area contributed by atoms with Crippen molar-refractivity contribution in [3.05, 3.63) is 59.7 Å². The van der Waals surface area contributed by atoms with E-state index in [1.54, 1.807) is 14.2 Å². The fourth-order valence-corrected chi connectivity index (χ4v) is 5.48. The Balaban J connectivity index is 1.33. The van der Waals surface area contributed by atoms with Gasteiger partial charge < -0.3 is 38.6 Å². The summed E-state index contributed by atoms with van der Waals surface area (Å²) in [5, 5.41) is 22.3. The Hall–Kier alpha value is -2.20. The van der Waals surface area contributed by atoms with Gasteiger partial charge in [-0.1, -0.05) is 30.7 Å². The van der Waals surface area contributed by atoms with E-state index < -0.39 is 42.4 Å². The SMILES string of the molecule is COc1ccc(CO[C@H]2[C@H](O)[C@@H](O)[C@H](OCc3ccc(OC)cc3)[C@H]3OC4(CCCCC4)O[C@H]32)cc1. The van der Waals surface area contributed by atoms with Crippen LogP contribution >= 0.6 is 0 Å². The predicted octanol–water partition coefficient (Wildman–Crippen LogP) is 3.35. The summed E-state index contributed by atoms with van der Waals surface area (Å²) in [7, 11) is 3.24. The second kappa shape index (κ2) is 11.0. The topological polar surface area (TPSA) is 95.8 Å². The molecule has 36 heavy (non-hydrogen) atoms. The zero-order chi connectivity index (χ0) is 25.1. The predicted molar refractivity (Wildman–Crippen MR) is 131 cm³/mol. The van der Waals surface area contributed by atoms with Gasteiger partial charge in [0.25, 0.3) is 0 Å². The molecule has 196 valence electrons. The van der Waals surface area contributed by atoms with Gasteiger partial charge in [-0.25, -0.2) is 0 Å². The molecule has 2 N–H and O–H groups in total. The molecule has 1 spiro atoms. The number of ether oxygens (including phenoxy) is 6. The number of fused-ring (bicyclic) bond motifs is 1. The van der Waals surface area contributed by atoms with Crippen molar-refractivity contribution in [2.24, 2.45) is 0 Å². The van der Waals surface area contributed by atoms with Crippen LogP contribution in [0.3, 0.4) is 0 Å². The van der Waals surface area contributed by atoms with Crippen LogP contribution in [-0.2, 0) is 32.2 Å². The number of aliphatic hydroxyl groups excluding tert-OH is 2. The number of methoxy groups -OCH3 is 2. The zero-order valence-electron chi connectivity index (χ0n) is 20.9. The van der Waals surface area contributed by atoms with Crippen LogP contribution in [0.4, 0.5) is 0 Å². The summed E-state index contributed by atoms with van der Waals surface area (Å²) in [5.41, 5.74) is 1.86. The van der Waals surface area contributed by atoms with Gasteiger partial charge in [0.2, 0.25) is 0 Å². The van der Waals surface area contributed by atoms with Crippen LogP contribution in [0.5, 0.6) is 11.5 Å². The molecule has 1 aliphatic heterocycles. The van der Waals surface area contributed by atoms with Gasteiger partial charge in [0.05, 0.1) is 27.4 Å². The molecule has 0 amide bonds. The highest BCUT2D eigenvalue weighted by Gasteiger charge is 2.61. The van der Waals surface area contributed by atoms with Crippen molar-refractivity contribution < 1.29 is 38.6 Å². The number of benzene rings is 2. The standard InChI is InChI=1S/C28H36O8/c1-31-20-10-6-18(7-11-20)16-33-24-22(29)23(30)25(34-17-19-8-12-21(32-2)13-9-19)27-26(24)35-28(36-27)14-4-3-5-15-28/h6-13,22-27,29-30H,3-5,14-17H2,1-2H3/t22-,23-,24+,25+,26-,27+/m1/s1. The highest BCUT2D eigenvalue weighted by Crippen LogP contribution is 2.46. The number of hydrogen-bond donors (Lipinski definition) is 2. The van der Waals surface area contributed by atoms with Crippen LogP contribution in [0.2, 0.25) is 0 Å². The summed E-state index contributed by atoms with van der Waals surface area (Å²) < 4.78 is 35.9. The van der Waals surface area contributed by atoms with Crippen LogP contribution < -0.4 is 9.47 Å². The van der Waals surface area contributed by atoms with Crippen molar-refractivity contribution in [1.29, 1.82) is 0 Å². The number of hydrogen-bond acceptors (Lipinski definition) is 8. The fourth-order valence-electron chi connectivity index (χ4n) is 5.48. The lowest BCUT2D eigenvalue weighted by Gasteiger charge is -2.43. The molecule has 3 aliphatic rings. The van der Waals surface area contributed by atoms with Gasteiger partial charge in [-0.05, 0) is 48.2 Å². The summed E-state index contributed by atoms with van der Waals surface area (Å²) >= 11 is 0. The third-order valence-corrected chi connectivity index (χ3v) is 7.51. The molecule has 8 nitrogen and oxygen atoms in total. The molecule has 0 aromatic heterocycles. The lowest BCUT2D eigenvalue weighted by Crippen LogP contribution is -2.63.